The van der Waals surface area contributed by atoms with Crippen LogP contribution in [0.25, 0.3) is 0 Å². The van der Waals surface area contributed by atoms with E-state index in [2.05, 4.69) is 34.2 Å². The van der Waals surface area contributed by atoms with Crippen LogP contribution in [0.3, 0.4) is 0 Å². The Hall–Kier alpha value is -0.770. The van der Waals surface area contributed by atoms with Gasteiger partial charge in [0.25, 0.3) is 0 Å². The summed E-state index contributed by atoms with van der Waals surface area (Å²) in [5.41, 5.74) is 1.30. The molecule has 2 aliphatic rings. The first-order chi connectivity index (χ1) is 9.78. The molecule has 2 atom stereocenters. The molecule has 0 radical (unpaired) electrons. The first-order valence-corrected chi connectivity index (χ1v) is 8.11. The Labute approximate surface area is 126 Å². The molecule has 2 unspecified atom stereocenters. The van der Waals surface area contributed by atoms with Crippen LogP contribution in [0.2, 0.25) is 5.02 Å². The van der Waals surface area contributed by atoms with E-state index in [4.69, 9.17) is 11.6 Å². The third-order valence-corrected chi connectivity index (χ3v) is 5.06. The van der Waals surface area contributed by atoms with Gasteiger partial charge in [0, 0.05) is 49.5 Å². The highest BCUT2D eigenvalue weighted by atomic mass is 35.5. The molecule has 110 valence electrons. The number of nitrogens with one attached hydrogen (secondary N) is 1. The Morgan fingerprint density at radius 3 is 2.45 bits per heavy atom. The molecule has 2 heterocycles. The Balaban J connectivity index is 1.58. The molecular weight excluding hydrogens is 270 g/mol. The number of nitrogens with zero attached hydrogens (tertiary/aromatic N) is 2. The monoisotopic (exact) mass is 293 g/mol. The zero-order chi connectivity index (χ0) is 13.9. The summed E-state index contributed by atoms with van der Waals surface area (Å²) in [6, 6.07) is 8.97. The van der Waals surface area contributed by atoms with E-state index in [-0.39, 0.29) is 0 Å². The van der Waals surface area contributed by atoms with Gasteiger partial charge in [-0.25, -0.2) is 0 Å². The number of hydrogen-bond donors (Lipinski definition) is 1. The van der Waals surface area contributed by atoms with Crippen LogP contribution in [0, 0.1) is 5.92 Å². The topological polar surface area (TPSA) is 18.5 Å². The van der Waals surface area contributed by atoms with Crippen LogP contribution in [0.4, 0.5) is 5.69 Å². The lowest BCUT2D eigenvalue weighted by molar-refractivity contribution is 0.160. The van der Waals surface area contributed by atoms with E-state index < -0.39 is 0 Å². The molecule has 2 fully saturated rings. The van der Waals surface area contributed by atoms with Gasteiger partial charge in [0.15, 0.2) is 0 Å². The Kier molecular flexibility index (Phi) is 4.49. The molecule has 0 aliphatic carbocycles. The first-order valence-electron chi connectivity index (χ1n) is 7.73. The number of rotatable bonds is 3. The van der Waals surface area contributed by atoms with Crippen LogP contribution in [0.15, 0.2) is 24.3 Å². The molecule has 4 heteroatoms. The number of piperazine rings is 1. The summed E-state index contributed by atoms with van der Waals surface area (Å²) >= 11 is 5.96. The summed E-state index contributed by atoms with van der Waals surface area (Å²) in [5, 5.41) is 4.36. The molecule has 0 bridgehead atoms. The van der Waals surface area contributed by atoms with Gasteiger partial charge in [0.2, 0.25) is 0 Å². The fourth-order valence-corrected chi connectivity index (χ4v) is 3.65. The van der Waals surface area contributed by atoms with Crippen molar-refractivity contribution in [3.8, 4) is 0 Å². The summed E-state index contributed by atoms with van der Waals surface area (Å²) in [4.78, 5) is 5.15. The lowest BCUT2D eigenvalue weighted by Crippen LogP contribution is -2.52. The van der Waals surface area contributed by atoms with Crippen molar-refractivity contribution < 1.29 is 0 Å². The predicted octanol–water partition coefficient (Wildman–Crippen LogP) is 2.46. The van der Waals surface area contributed by atoms with Crippen molar-refractivity contribution in [2.24, 2.45) is 5.92 Å². The van der Waals surface area contributed by atoms with Crippen molar-refractivity contribution in [2.75, 3.05) is 44.2 Å². The van der Waals surface area contributed by atoms with E-state index in [1.54, 1.807) is 0 Å². The fraction of sp³-hybridized carbons (Fsp3) is 0.625. The maximum absolute atomic E-state index is 5.96. The summed E-state index contributed by atoms with van der Waals surface area (Å²) in [6.07, 6.45) is 1.29. The molecule has 2 saturated heterocycles. The van der Waals surface area contributed by atoms with Crippen LogP contribution >= 0.6 is 11.6 Å². The fourth-order valence-electron chi connectivity index (χ4n) is 3.53. The maximum Gasteiger partial charge on any atom is 0.0407 e. The van der Waals surface area contributed by atoms with Gasteiger partial charge in [-0.3, -0.25) is 4.90 Å². The SMILES string of the molecule is CCC1CNCC1N1CCN(c2ccc(Cl)cc2)CC1. The number of hydrogen-bond acceptors (Lipinski definition) is 3. The molecular formula is C16H24ClN3. The quantitative estimate of drug-likeness (QED) is 0.924. The molecule has 20 heavy (non-hydrogen) atoms. The highest BCUT2D eigenvalue weighted by Crippen LogP contribution is 2.23. The molecule has 3 nitrogen and oxygen atoms in total. The van der Waals surface area contributed by atoms with E-state index in [0.717, 1.165) is 30.1 Å². The Morgan fingerprint density at radius 2 is 1.80 bits per heavy atom. The van der Waals surface area contributed by atoms with Crippen LogP contribution < -0.4 is 10.2 Å². The largest absolute Gasteiger partial charge is 0.369 e. The second kappa shape index (κ2) is 6.33. The second-order valence-electron chi connectivity index (χ2n) is 5.89. The zero-order valence-electron chi connectivity index (χ0n) is 12.2. The van der Waals surface area contributed by atoms with Gasteiger partial charge >= 0.3 is 0 Å². The normalized spacial score (nSPS) is 28.0. The highest BCUT2D eigenvalue weighted by Gasteiger charge is 2.32. The Morgan fingerprint density at radius 1 is 1.10 bits per heavy atom. The molecule has 1 aromatic carbocycles. The molecule has 1 aromatic rings. The predicted molar refractivity (Wildman–Crippen MR) is 85.7 cm³/mol. The van der Waals surface area contributed by atoms with Gasteiger partial charge in [-0.2, -0.15) is 0 Å². The van der Waals surface area contributed by atoms with Gasteiger partial charge in [-0.1, -0.05) is 24.9 Å². The minimum Gasteiger partial charge on any atom is -0.369 e. The van der Waals surface area contributed by atoms with Crippen molar-refractivity contribution >= 4 is 17.3 Å². The summed E-state index contributed by atoms with van der Waals surface area (Å²) in [5.74, 6) is 0.831. The smallest absolute Gasteiger partial charge is 0.0407 e. The second-order valence-corrected chi connectivity index (χ2v) is 6.33. The summed E-state index contributed by atoms with van der Waals surface area (Å²) in [7, 11) is 0. The molecule has 2 aliphatic heterocycles. The van der Waals surface area contributed by atoms with Crippen molar-refractivity contribution in [3.63, 3.8) is 0 Å². The zero-order valence-corrected chi connectivity index (χ0v) is 12.9. The third kappa shape index (κ3) is 2.95. The van der Waals surface area contributed by atoms with E-state index >= 15 is 0 Å². The molecule has 0 saturated carbocycles. The van der Waals surface area contributed by atoms with E-state index in [1.165, 1.54) is 38.3 Å². The number of anilines is 1. The molecule has 0 spiro atoms. The van der Waals surface area contributed by atoms with Crippen molar-refractivity contribution in [1.82, 2.24) is 10.2 Å². The number of benzene rings is 1. The summed E-state index contributed by atoms with van der Waals surface area (Å²) < 4.78 is 0. The van der Waals surface area contributed by atoms with Gasteiger partial charge < -0.3 is 10.2 Å². The van der Waals surface area contributed by atoms with Gasteiger partial charge in [-0.05, 0) is 36.7 Å². The minimum atomic E-state index is 0.743. The van der Waals surface area contributed by atoms with E-state index in [1.807, 2.05) is 12.1 Å². The van der Waals surface area contributed by atoms with Crippen LogP contribution in [-0.4, -0.2) is 50.2 Å². The van der Waals surface area contributed by atoms with Crippen molar-refractivity contribution in [3.05, 3.63) is 29.3 Å². The van der Waals surface area contributed by atoms with Gasteiger partial charge in [0.1, 0.15) is 0 Å². The Bertz CT molecular complexity index is 426. The lowest BCUT2D eigenvalue weighted by Gasteiger charge is -2.40. The van der Waals surface area contributed by atoms with Crippen LogP contribution in [0.5, 0.6) is 0 Å². The third-order valence-electron chi connectivity index (χ3n) is 4.80. The summed E-state index contributed by atoms with van der Waals surface area (Å²) in [6.45, 7) is 9.26. The molecule has 3 rings (SSSR count). The average molecular weight is 294 g/mol. The van der Waals surface area contributed by atoms with E-state index in [9.17, 15) is 0 Å². The molecule has 0 amide bonds. The average Bonchev–Trinajstić information content (AvgIpc) is 2.97. The standard InChI is InChI=1S/C16H24ClN3/c1-2-13-11-18-12-16(13)20-9-7-19(8-10-20)15-5-3-14(17)4-6-15/h3-6,13,16,18H,2,7-12H2,1H3. The van der Waals surface area contributed by atoms with Crippen molar-refractivity contribution in [2.45, 2.75) is 19.4 Å². The highest BCUT2D eigenvalue weighted by molar-refractivity contribution is 6.30. The maximum atomic E-state index is 5.96. The molecule has 1 N–H and O–H groups in total. The van der Waals surface area contributed by atoms with Gasteiger partial charge in [0.05, 0.1) is 0 Å². The van der Waals surface area contributed by atoms with Crippen LogP contribution in [-0.2, 0) is 0 Å². The lowest BCUT2D eigenvalue weighted by atomic mass is 9.98. The molecule has 0 aromatic heterocycles. The first kappa shape index (κ1) is 14.2. The van der Waals surface area contributed by atoms with E-state index in [0.29, 0.717) is 0 Å². The minimum absolute atomic E-state index is 0.743. The van der Waals surface area contributed by atoms with Crippen LogP contribution in [0.1, 0.15) is 13.3 Å². The number of halogens is 1. The van der Waals surface area contributed by atoms with Gasteiger partial charge in [-0.15, -0.1) is 0 Å². The van der Waals surface area contributed by atoms with Crippen molar-refractivity contribution in [1.29, 1.82) is 0 Å².